The summed E-state index contributed by atoms with van der Waals surface area (Å²) in [6.45, 7) is 3.64. The topological polar surface area (TPSA) is 17.1 Å². The van der Waals surface area contributed by atoms with Gasteiger partial charge in [-0.3, -0.25) is 4.79 Å². The lowest BCUT2D eigenvalue weighted by molar-refractivity contribution is 0.102. The van der Waals surface area contributed by atoms with Gasteiger partial charge in [-0.2, -0.15) is 0 Å². The molecule has 0 fully saturated rings. The van der Waals surface area contributed by atoms with Crippen LogP contribution in [0, 0.1) is 6.92 Å². The van der Waals surface area contributed by atoms with Crippen LogP contribution in [0.4, 0.5) is 0 Å². The summed E-state index contributed by atoms with van der Waals surface area (Å²) in [6, 6.07) is 1.96. The molecular formula is C8H10OS2. The van der Waals surface area contributed by atoms with E-state index < -0.39 is 0 Å². The summed E-state index contributed by atoms with van der Waals surface area (Å²) in [7, 11) is 0. The molecule has 0 radical (unpaired) electrons. The van der Waals surface area contributed by atoms with Crippen molar-refractivity contribution in [1.29, 1.82) is 0 Å². The molecule has 0 aromatic carbocycles. The number of rotatable bonds is 2. The Morgan fingerprint density at radius 3 is 2.55 bits per heavy atom. The Hall–Kier alpha value is -0.280. The molecule has 11 heavy (non-hydrogen) atoms. The highest BCUT2D eigenvalue weighted by Gasteiger charge is 2.06. The van der Waals surface area contributed by atoms with Gasteiger partial charge in [0.25, 0.3) is 0 Å². The van der Waals surface area contributed by atoms with Crippen molar-refractivity contribution in [3.05, 3.63) is 16.5 Å². The number of hydrogen-bond acceptors (Lipinski definition) is 3. The van der Waals surface area contributed by atoms with Crippen LogP contribution in [0.5, 0.6) is 0 Å². The molecule has 0 bridgehead atoms. The predicted molar refractivity (Wildman–Crippen MR) is 50.8 cm³/mol. The van der Waals surface area contributed by atoms with Crippen molar-refractivity contribution < 1.29 is 4.79 Å². The molecule has 1 nitrogen and oxygen atoms in total. The zero-order valence-corrected chi connectivity index (χ0v) is 8.44. The fourth-order valence-corrected chi connectivity index (χ4v) is 2.62. The Bertz CT molecular complexity index is 276. The van der Waals surface area contributed by atoms with Crippen LogP contribution in [0.15, 0.2) is 10.3 Å². The summed E-state index contributed by atoms with van der Waals surface area (Å²) in [4.78, 5) is 11.8. The van der Waals surface area contributed by atoms with Crippen LogP contribution in [0.3, 0.4) is 0 Å². The minimum atomic E-state index is 0.165. The summed E-state index contributed by atoms with van der Waals surface area (Å²) in [5, 5.41) is 0. The molecule has 60 valence electrons. The van der Waals surface area contributed by atoms with Gasteiger partial charge in [-0.25, -0.2) is 0 Å². The van der Waals surface area contributed by atoms with E-state index in [1.807, 2.05) is 19.2 Å². The molecule has 1 heterocycles. The van der Waals surface area contributed by atoms with Gasteiger partial charge < -0.3 is 0 Å². The zero-order chi connectivity index (χ0) is 8.43. The van der Waals surface area contributed by atoms with Gasteiger partial charge in [-0.1, -0.05) is 0 Å². The van der Waals surface area contributed by atoms with Crippen molar-refractivity contribution >= 4 is 28.9 Å². The molecule has 0 unspecified atom stereocenters. The highest BCUT2D eigenvalue weighted by molar-refractivity contribution is 8.00. The van der Waals surface area contributed by atoms with E-state index in [4.69, 9.17) is 0 Å². The SMILES string of the molecule is CSc1sc(C(C)=O)cc1C. The van der Waals surface area contributed by atoms with E-state index >= 15 is 0 Å². The first-order chi connectivity index (χ1) is 5.15. The van der Waals surface area contributed by atoms with E-state index in [1.165, 1.54) is 9.77 Å². The molecule has 0 saturated carbocycles. The van der Waals surface area contributed by atoms with Gasteiger partial charge in [0, 0.05) is 0 Å². The van der Waals surface area contributed by atoms with E-state index in [2.05, 4.69) is 0 Å². The average molecular weight is 186 g/mol. The molecule has 1 aromatic rings. The Morgan fingerprint density at radius 1 is 1.64 bits per heavy atom. The molecule has 0 atom stereocenters. The quantitative estimate of drug-likeness (QED) is 0.522. The second kappa shape index (κ2) is 3.41. The number of thiophene rings is 1. The second-order valence-corrected chi connectivity index (χ2v) is 4.47. The average Bonchev–Trinajstić information content (AvgIpc) is 2.31. The van der Waals surface area contributed by atoms with Gasteiger partial charge in [0.15, 0.2) is 5.78 Å². The highest BCUT2D eigenvalue weighted by Crippen LogP contribution is 2.29. The molecule has 0 aliphatic carbocycles. The molecule has 0 aliphatic rings. The third kappa shape index (κ3) is 1.84. The van der Waals surface area contributed by atoms with Crippen molar-refractivity contribution in [1.82, 2.24) is 0 Å². The Labute approximate surface area is 74.8 Å². The fourth-order valence-electron chi connectivity index (χ4n) is 0.842. The van der Waals surface area contributed by atoms with Gasteiger partial charge in [0.05, 0.1) is 9.09 Å². The minimum absolute atomic E-state index is 0.165. The molecule has 0 N–H and O–H groups in total. The first-order valence-corrected chi connectivity index (χ1v) is 5.34. The first kappa shape index (κ1) is 8.81. The highest BCUT2D eigenvalue weighted by atomic mass is 32.2. The number of hydrogen-bond donors (Lipinski definition) is 0. The minimum Gasteiger partial charge on any atom is -0.294 e. The summed E-state index contributed by atoms with van der Waals surface area (Å²) in [6.07, 6.45) is 2.03. The van der Waals surface area contributed by atoms with E-state index in [-0.39, 0.29) is 5.78 Å². The Morgan fingerprint density at radius 2 is 2.27 bits per heavy atom. The summed E-state index contributed by atoms with van der Waals surface area (Å²) < 4.78 is 1.25. The summed E-state index contributed by atoms with van der Waals surface area (Å²) >= 11 is 3.28. The van der Waals surface area contributed by atoms with Crippen LogP contribution in [0.25, 0.3) is 0 Å². The van der Waals surface area contributed by atoms with Gasteiger partial charge in [0.2, 0.25) is 0 Å². The van der Waals surface area contributed by atoms with Crippen molar-refractivity contribution in [3.63, 3.8) is 0 Å². The Kier molecular flexibility index (Phi) is 2.73. The summed E-state index contributed by atoms with van der Waals surface area (Å²) in [5.41, 5.74) is 1.22. The van der Waals surface area contributed by atoms with E-state index in [9.17, 15) is 4.79 Å². The van der Waals surface area contributed by atoms with Crippen molar-refractivity contribution in [2.24, 2.45) is 0 Å². The Balaban J connectivity index is 3.05. The summed E-state index contributed by atoms with van der Waals surface area (Å²) in [5.74, 6) is 0.165. The van der Waals surface area contributed by atoms with Gasteiger partial charge in [-0.15, -0.1) is 23.1 Å². The van der Waals surface area contributed by atoms with Crippen LogP contribution in [-0.4, -0.2) is 12.0 Å². The largest absolute Gasteiger partial charge is 0.294 e. The maximum absolute atomic E-state index is 10.9. The molecule has 0 amide bonds. The third-order valence-electron chi connectivity index (χ3n) is 1.40. The molecule has 0 spiro atoms. The third-order valence-corrected chi connectivity index (χ3v) is 3.98. The smallest absolute Gasteiger partial charge is 0.169 e. The second-order valence-electron chi connectivity index (χ2n) is 2.34. The molecule has 1 rings (SSSR count). The van der Waals surface area contributed by atoms with Crippen molar-refractivity contribution in [3.8, 4) is 0 Å². The maximum Gasteiger partial charge on any atom is 0.169 e. The predicted octanol–water partition coefficient (Wildman–Crippen LogP) is 2.98. The van der Waals surface area contributed by atoms with Crippen LogP contribution >= 0.6 is 23.1 Å². The van der Waals surface area contributed by atoms with E-state index in [0.29, 0.717) is 0 Å². The number of carbonyl (C=O) groups is 1. The molecule has 0 aliphatic heterocycles. The van der Waals surface area contributed by atoms with Crippen LogP contribution < -0.4 is 0 Å². The van der Waals surface area contributed by atoms with Crippen LogP contribution in [-0.2, 0) is 0 Å². The van der Waals surface area contributed by atoms with Crippen LogP contribution in [0.1, 0.15) is 22.2 Å². The molecule has 3 heteroatoms. The number of carbonyl (C=O) groups excluding carboxylic acids is 1. The monoisotopic (exact) mass is 186 g/mol. The maximum atomic E-state index is 10.9. The lowest BCUT2D eigenvalue weighted by atomic mass is 10.3. The van der Waals surface area contributed by atoms with E-state index in [1.54, 1.807) is 30.0 Å². The van der Waals surface area contributed by atoms with Gasteiger partial charge >= 0.3 is 0 Å². The number of Topliss-reactive ketones (excluding diaryl/α,β-unsaturated/α-hetero) is 1. The van der Waals surface area contributed by atoms with Crippen molar-refractivity contribution in [2.45, 2.75) is 18.1 Å². The first-order valence-electron chi connectivity index (χ1n) is 3.30. The number of aryl methyl sites for hydroxylation is 1. The standard InChI is InChI=1S/C8H10OS2/c1-5-4-7(6(2)9)11-8(5)10-3/h4H,1-3H3. The number of thioether (sulfide) groups is 1. The molecular weight excluding hydrogens is 176 g/mol. The van der Waals surface area contributed by atoms with Crippen molar-refractivity contribution in [2.75, 3.05) is 6.26 Å². The normalized spacial score (nSPS) is 10.1. The van der Waals surface area contributed by atoms with Crippen LogP contribution in [0.2, 0.25) is 0 Å². The van der Waals surface area contributed by atoms with Gasteiger partial charge in [0.1, 0.15) is 0 Å². The lowest BCUT2D eigenvalue weighted by Crippen LogP contribution is -1.83. The number of ketones is 1. The van der Waals surface area contributed by atoms with E-state index in [0.717, 1.165) is 4.88 Å². The zero-order valence-electron chi connectivity index (χ0n) is 6.80. The molecule has 1 aromatic heterocycles. The lowest BCUT2D eigenvalue weighted by Gasteiger charge is -1.87. The molecule has 0 saturated heterocycles. The fraction of sp³-hybridized carbons (Fsp3) is 0.375. The van der Waals surface area contributed by atoms with Gasteiger partial charge in [-0.05, 0) is 31.7 Å².